The molecule has 0 aliphatic carbocycles. The van der Waals surface area contributed by atoms with Crippen molar-refractivity contribution in [2.75, 3.05) is 13.7 Å². The third kappa shape index (κ3) is 3.98. The standard InChI is InChI=1S/C27H24N4O5/c1-16(2)36-21-8-4-6-19-23(21)27(34)30(25(19)32)15-13-22-29-24-20(7-5-14-28-24)26(33)31(22)17-9-11-18(35-3)12-10-17/h4-12,14,16H,13,15H2,1-3H3. The maximum Gasteiger partial charge on any atom is 0.267 e. The highest BCUT2D eigenvalue weighted by Crippen LogP contribution is 2.31. The average molecular weight is 485 g/mol. The predicted molar refractivity (Wildman–Crippen MR) is 133 cm³/mol. The molecule has 9 nitrogen and oxygen atoms in total. The number of imide groups is 1. The van der Waals surface area contributed by atoms with Crippen LogP contribution in [0.3, 0.4) is 0 Å². The number of carbonyl (C=O) groups is 2. The lowest BCUT2D eigenvalue weighted by Crippen LogP contribution is -2.34. The summed E-state index contributed by atoms with van der Waals surface area (Å²) in [5, 5.41) is 0.369. The molecule has 1 aliphatic rings. The van der Waals surface area contributed by atoms with E-state index >= 15 is 0 Å². The summed E-state index contributed by atoms with van der Waals surface area (Å²) in [7, 11) is 1.57. The van der Waals surface area contributed by atoms with E-state index < -0.39 is 11.8 Å². The Bertz CT molecular complexity index is 1540. The molecule has 0 bridgehead atoms. The first kappa shape index (κ1) is 23.2. The SMILES string of the molecule is COc1ccc(-n2c(CCN3C(=O)c4cccc(OC(C)C)c4C3=O)nc3ncccc3c2=O)cc1. The Morgan fingerprint density at radius 2 is 1.72 bits per heavy atom. The van der Waals surface area contributed by atoms with Gasteiger partial charge >= 0.3 is 0 Å². The van der Waals surface area contributed by atoms with Crippen LogP contribution >= 0.6 is 0 Å². The monoisotopic (exact) mass is 484 g/mol. The van der Waals surface area contributed by atoms with Gasteiger partial charge in [-0.2, -0.15) is 0 Å². The van der Waals surface area contributed by atoms with E-state index in [9.17, 15) is 14.4 Å². The quantitative estimate of drug-likeness (QED) is 0.370. The Hall–Kier alpha value is -4.53. The fourth-order valence-corrected chi connectivity index (χ4v) is 4.30. The maximum atomic E-state index is 13.4. The lowest BCUT2D eigenvalue weighted by Gasteiger charge is -2.17. The number of nitrogens with zero attached hydrogens (tertiary/aromatic N) is 4. The van der Waals surface area contributed by atoms with E-state index in [4.69, 9.17) is 9.47 Å². The molecule has 182 valence electrons. The van der Waals surface area contributed by atoms with Crippen LogP contribution in [0, 0.1) is 0 Å². The van der Waals surface area contributed by atoms with Gasteiger partial charge in [-0.3, -0.25) is 23.9 Å². The van der Waals surface area contributed by atoms with Gasteiger partial charge in [-0.15, -0.1) is 0 Å². The van der Waals surface area contributed by atoms with Crippen LogP contribution < -0.4 is 15.0 Å². The highest BCUT2D eigenvalue weighted by Gasteiger charge is 2.38. The highest BCUT2D eigenvalue weighted by molar-refractivity contribution is 6.22. The second kappa shape index (κ2) is 9.26. The van der Waals surface area contributed by atoms with Crippen molar-refractivity contribution in [3.05, 3.63) is 88.1 Å². The van der Waals surface area contributed by atoms with Crippen molar-refractivity contribution in [2.45, 2.75) is 26.4 Å². The van der Waals surface area contributed by atoms with Gasteiger partial charge in [-0.05, 0) is 62.4 Å². The highest BCUT2D eigenvalue weighted by atomic mass is 16.5. The van der Waals surface area contributed by atoms with Gasteiger partial charge in [0.25, 0.3) is 17.4 Å². The first-order valence-electron chi connectivity index (χ1n) is 11.6. The van der Waals surface area contributed by atoms with E-state index in [0.717, 1.165) is 0 Å². The normalized spacial score (nSPS) is 12.9. The van der Waals surface area contributed by atoms with Gasteiger partial charge in [0.05, 0.1) is 35.4 Å². The number of hydrogen-bond donors (Lipinski definition) is 0. The van der Waals surface area contributed by atoms with Crippen LogP contribution in [0.15, 0.2) is 65.6 Å². The Morgan fingerprint density at radius 1 is 0.944 bits per heavy atom. The van der Waals surface area contributed by atoms with Gasteiger partial charge < -0.3 is 9.47 Å². The van der Waals surface area contributed by atoms with E-state index in [1.807, 2.05) is 13.8 Å². The molecule has 0 unspecified atom stereocenters. The number of pyridine rings is 1. The molecule has 0 fully saturated rings. The topological polar surface area (TPSA) is 104 Å². The summed E-state index contributed by atoms with van der Waals surface area (Å²) in [5.74, 6) is 0.581. The maximum absolute atomic E-state index is 13.4. The number of ether oxygens (including phenoxy) is 2. The second-order valence-corrected chi connectivity index (χ2v) is 8.60. The molecule has 0 saturated carbocycles. The van der Waals surface area contributed by atoms with Crippen LogP contribution in [0.4, 0.5) is 0 Å². The van der Waals surface area contributed by atoms with E-state index in [1.54, 1.807) is 67.9 Å². The minimum Gasteiger partial charge on any atom is -0.497 e. The fourth-order valence-electron chi connectivity index (χ4n) is 4.30. The molecule has 0 radical (unpaired) electrons. The summed E-state index contributed by atoms with van der Waals surface area (Å²) in [6.45, 7) is 3.75. The molecule has 36 heavy (non-hydrogen) atoms. The van der Waals surface area contributed by atoms with Gasteiger partial charge in [-0.25, -0.2) is 9.97 Å². The molecule has 5 rings (SSSR count). The van der Waals surface area contributed by atoms with Gasteiger partial charge in [0.2, 0.25) is 0 Å². The van der Waals surface area contributed by atoms with Crippen molar-refractivity contribution in [2.24, 2.45) is 0 Å². The van der Waals surface area contributed by atoms with Gasteiger partial charge in [-0.1, -0.05) is 6.07 Å². The molecule has 0 N–H and O–H groups in total. The van der Waals surface area contributed by atoms with E-state index in [-0.39, 0.29) is 30.2 Å². The first-order valence-corrected chi connectivity index (χ1v) is 11.6. The summed E-state index contributed by atoms with van der Waals surface area (Å²) in [6.07, 6.45) is 1.57. The van der Waals surface area contributed by atoms with Crippen LogP contribution in [-0.4, -0.2) is 51.0 Å². The number of methoxy groups -OCH3 is 1. The number of aromatic nitrogens is 3. The minimum absolute atomic E-state index is 0.0361. The fraction of sp³-hybridized carbons (Fsp3) is 0.222. The molecular weight excluding hydrogens is 460 g/mol. The lowest BCUT2D eigenvalue weighted by molar-refractivity contribution is 0.0654. The molecule has 0 saturated heterocycles. The van der Waals surface area contributed by atoms with Gasteiger partial charge in [0, 0.05) is 19.2 Å². The first-order chi connectivity index (χ1) is 17.4. The zero-order chi connectivity index (χ0) is 25.4. The molecule has 2 amide bonds. The Kier molecular flexibility index (Phi) is 5.97. The summed E-state index contributed by atoms with van der Waals surface area (Å²) in [6, 6.07) is 15.4. The number of fused-ring (bicyclic) bond motifs is 2. The number of carbonyl (C=O) groups excluding carboxylic acids is 2. The van der Waals surface area contributed by atoms with Crippen molar-refractivity contribution in [3.63, 3.8) is 0 Å². The van der Waals surface area contributed by atoms with Gasteiger partial charge in [0.15, 0.2) is 5.65 Å². The molecule has 4 aromatic rings. The molecule has 3 heterocycles. The van der Waals surface area contributed by atoms with Crippen LogP contribution in [-0.2, 0) is 6.42 Å². The van der Waals surface area contributed by atoms with Crippen LogP contribution in [0.25, 0.3) is 16.7 Å². The Morgan fingerprint density at radius 3 is 2.44 bits per heavy atom. The van der Waals surface area contributed by atoms with Crippen molar-refractivity contribution in [3.8, 4) is 17.2 Å². The molecule has 0 spiro atoms. The minimum atomic E-state index is -0.427. The third-order valence-electron chi connectivity index (χ3n) is 5.93. The predicted octanol–water partition coefficient (Wildman–Crippen LogP) is 3.42. The smallest absolute Gasteiger partial charge is 0.267 e. The number of rotatable bonds is 7. The molecule has 1 aliphatic heterocycles. The largest absolute Gasteiger partial charge is 0.497 e. The molecule has 0 atom stereocenters. The number of benzene rings is 2. The summed E-state index contributed by atoms with van der Waals surface area (Å²) < 4.78 is 12.5. The van der Waals surface area contributed by atoms with E-state index in [1.165, 1.54) is 9.47 Å². The zero-order valence-electron chi connectivity index (χ0n) is 20.1. The van der Waals surface area contributed by atoms with Crippen LogP contribution in [0.2, 0.25) is 0 Å². The number of amides is 2. The second-order valence-electron chi connectivity index (χ2n) is 8.60. The van der Waals surface area contributed by atoms with Crippen molar-refractivity contribution in [1.29, 1.82) is 0 Å². The molecule has 9 heteroatoms. The molecule has 2 aromatic heterocycles. The third-order valence-corrected chi connectivity index (χ3v) is 5.93. The van der Waals surface area contributed by atoms with E-state index in [2.05, 4.69) is 9.97 Å². The van der Waals surface area contributed by atoms with Crippen LogP contribution in [0.5, 0.6) is 11.5 Å². The number of hydrogen-bond acceptors (Lipinski definition) is 7. The molecular formula is C27H24N4O5. The van der Waals surface area contributed by atoms with E-state index in [0.29, 0.717) is 39.6 Å². The summed E-state index contributed by atoms with van der Waals surface area (Å²) >= 11 is 0. The van der Waals surface area contributed by atoms with Crippen molar-refractivity contribution >= 4 is 22.8 Å². The Balaban J connectivity index is 1.52. The van der Waals surface area contributed by atoms with Crippen molar-refractivity contribution in [1.82, 2.24) is 19.4 Å². The lowest BCUT2D eigenvalue weighted by atomic mass is 10.1. The summed E-state index contributed by atoms with van der Waals surface area (Å²) in [4.78, 5) is 49.8. The zero-order valence-corrected chi connectivity index (χ0v) is 20.1. The molecule has 2 aromatic carbocycles. The van der Waals surface area contributed by atoms with Crippen LogP contribution in [0.1, 0.15) is 40.4 Å². The summed E-state index contributed by atoms with van der Waals surface area (Å²) in [5.41, 5.74) is 1.17. The average Bonchev–Trinajstić information content (AvgIpc) is 3.12. The van der Waals surface area contributed by atoms with Gasteiger partial charge in [0.1, 0.15) is 17.3 Å². The Labute approximate surface area is 206 Å². The van der Waals surface area contributed by atoms with Crippen molar-refractivity contribution < 1.29 is 19.1 Å².